The smallest absolute Gasteiger partial charge is 0.306 e. The van der Waals surface area contributed by atoms with Crippen LogP contribution in [-0.2, 0) is 17.6 Å². The van der Waals surface area contributed by atoms with Crippen molar-refractivity contribution in [1.82, 2.24) is 9.88 Å². The van der Waals surface area contributed by atoms with Crippen molar-refractivity contribution in [2.75, 3.05) is 21.2 Å². The van der Waals surface area contributed by atoms with Gasteiger partial charge in [-0.2, -0.15) is 0 Å². The van der Waals surface area contributed by atoms with Gasteiger partial charge in [-0.15, -0.1) is 0 Å². The van der Waals surface area contributed by atoms with Crippen LogP contribution in [0.3, 0.4) is 0 Å². The Kier molecular flexibility index (Phi) is 7.59. The van der Waals surface area contributed by atoms with E-state index in [0.717, 1.165) is 46.4 Å². The zero-order valence-corrected chi connectivity index (χ0v) is 21.4. The number of carboxylic acids is 1. The van der Waals surface area contributed by atoms with Gasteiger partial charge in [-0.25, -0.2) is 9.37 Å². The molecule has 6 nitrogen and oxygen atoms in total. The monoisotopic (exact) mass is 492 g/mol. The Hall–Kier alpha value is -3.45. The van der Waals surface area contributed by atoms with Gasteiger partial charge >= 0.3 is 5.97 Å². The van der Waals surface area contributed by atoms with E-state index in [-0.39, 0.29) is 12.1 Å². The van der Waals surface area contributed by atoms with Crippen LogP contribution in [0.2, 0.25) is 0 Å². The van der Waals surface area contributed by atoms with Gasteiger partial charge in [-0.1, -0.05) is 31.2 Å². The summed E-state index contributed by atoms with van der Waals surface area (Å²) in [7, 11) is 5.51. The maximum Gasteiger partial charge on any atom is 0.306 e. The third-order valence-electron chi connectivity index (χ3n) is 7.04. The molecule has 1 aromatic heterocycles. The van der Waals surface area contributed by atoms with Crippen LogP contribution >= 0.6 is 0 Å². The molecule has 0 bridgehead atoms. The van der Waals surface area contributed by atoms with Crippen molar-refractivity contribution in [3.8, 4) is 22.8 Å². The predicted molar refractivity (Wildman–Crippen MR) is 137 cm³/mol. The van der Waals surface area contributed by atoms with Crippen LogP contribution in [0.15, 0.2) is 48.7 Å². The first kappa shape index (κ1) is 25.6. The number of carbonyl (C=O) groups is 1. The topological polar surface area (TPSA) is 71.9 Å². The minimum Gasteiger partial charge on any atom is -0.485 e. The number of pyridine rings is 1. The molecule has 0 amide bonds. The van der Waals surface area contributed by atoms with Crippen LogP contribution in [-0.4, -0.2) is 42.2 Å². The van der Waals surface area contributed by atoms with Crippen LogP contribution in [0, 0.1) is 11.7 Å². The summed E-state index contributed by atoms with van der Waals surface area (Å²) in [6, 6.07) is 13.7. The molecular formula is C29H33FN2O4. The summed E-state index contributed by atoms with van der Waals surface area (Å²) >= 11 is 0. The van der Waals surface area contributed by atoms with E-state index in [9.17, 15) is 14.3 Å². The number of benzene rings is 2. The summed E-state index contributed by atoms with van der Waals surface area (Å²) in [5.41, 5.74) is 5.33. The molecule has 2 aromatic carbocycles. The van der Waals surface area contributed by atoms with Crippen molar-refractivity contribution in [2.45, 2.75) is 45.3 Å². The average Bonchev–Trinajstić information content (AvgIpc) is 2.87. The Labute approximate surface area is 211 Å². The lowest BCUT2D eigenvalue weighted by Crippen LogP contribution is -2.20. The van der Waals surface area contributed by atoms with Crippen LogP contribution in [0.1, 0.15) is 54.7 Å². The summed E-state index contributed by atoms with van der Waals surface area (Å²) in [5, 5.41) is 9.26. The van der Waals surface area contributed by atoms with E-state index in [4.69, 9.17) is 9.47 Å². The highest BCUT2D eigenvalue weighted by atomic mass is 19.1. The van der Waals surface area contributed by atoms with Crippen molar-refractivity contribution in [3.63, 3.8) is 0 Å². The number of fused-ring (bicyclic) bond motifs is 1. The lowest BCUT2D eigenvalue weighted by molar-refractivity contribution is -0.141. The Morgan fingerprint density at radius 1 is 1.19 bits per heavy atom. The fourth-order valence-corrected chi connectivity index (χ4v) is 4.60. The lowest BCUT2D eigenvalue weighted by atomic mass is 9.89. The van der Waals surface area contributed by atoms with Crippen molar-refractivity contribution >= 4 is 5.97 Å². The predicted octanol–water partition coefficient (Wildman–Crippen LogP) is 5.85. The molecule has 0 fully saturated rings. The maximum absolute atomic E-state index is 14.8. The summed E-state index contributed by atoms with van der Waals surface area (Å²) in [6.45, 7) is 3.80. The lowest BCUT2D eigenvalue weighted by Gasteiger charge is -2.29. The number of aryl methyl sites for hydroxylation is 1. The van der Waals surface area contributed by atoms with Gasteiger partial charge in [-0.3, -0.25) is 4.79 Å². The van der Waals surface area contributed by atoms with Crippen molar-refractivity contribution < 1.29 is 23.8 Å². The molecule has 0 aliphatic carbocycles. The fourth-order valence-electron chi connectivity index (χ4n) is 4.60. The van der Waals surface area contributed by atoms with E-state index in [1.807, 2.05) is 44.4 Å². The summed E-state index contributed by atoms with van der Waals surface area (Å²) in [6.07, 6.45) is 3.19. The molecule has 0 unspecified atom stereocenters. The van der Waals surface area contributed by atoms with Crippen molar-refractivity contribution in [2.24, 2.45) is 5.92 Å². The number of aromatic nitrogens is 1. The van der Waals surface area contributed by atoms with Crippen molar-refractivity contribution in [1.29, 1.82) is 0 Å². The standard InChI is InChI=1S/C29H33FN2O4/c1-17(29(33)34)12-19-6-7-20-9-11-26(36-27(20)13-19)21-8-10-22(23(14-21)18(2)32(3)4)24-15-28(35-5)31-16-25(24)30/h6-8,10,13-18,26H,9,11-12H2,1-5H3,(H,33,34)/t17-,18+,26+/m0/s1. The third kappa shape index (κ3) is 5.36. The van der Waals surface area contributed by atoms with Crippen LogP contribution < -0.4 is 9.47 Å². The molecule has 0 saturated heterocycles. The fraction of sp³-hybridized carbons (Fsp3) is 0.379. The highest BCUT2D eigenvalue weighted by Crippen LogP contribution is 2.39. The summed E-state index contributed by atoms with van der Waals surface area (Å²) < 4.78 is 26.5. The van der Waals surface area contributed by atoms with Gasteiger partial charge in [0.05, 0.1) is 19.2 Å². The first-order valence-electron chi connectivity index (χ1n) is 12.2. The Morgan fingerprint density at radius 3 is 2.67 bits per heavy atom. The van der Waals surface area contributed by atoms with Crippen LogP contribution in [0.5, 0.6) is 11.6 Å². The SMILES string of the molecule is COc1cc(-c2ccc([C@H]3CCc4ccc(C[C@H](C)C(=O)O)cc4O3)cc2[C@@H](C)N(C)C)c(F)cn1. The molecule has 1 N–H and O–H groups in total. The first-order chi connectivity index (χ1) is 17.2. The molecule has 7 heteroatoms. The van der Waals surface area contributed by atoms with E-state index in [1.165, 1.54) is 13.3 Å². The molecule has 1 aliphatic rings. The van der Waals surface area contributed by atoms with E-state index in [2.05, 4.69) is 22.9 Å². The summed E-state index contributed by atoms with van der Waals surface area (Å²) in [4.78, 5) is 17.4. The molecule has 1 aliphatic heterocycles. The second-order valence-electron chi connectivity index (χ2n) is 9.72. The highest BCUT2D eigenvalue weighted by molar-refractivity contribution is 5.70. The Bertz CT molecular complexity index is 1260. The second kappa shape index (κ2) is 10.7. The van der Waals surface area contributed by atoms with Gasteiger partial charge in [0.2, 0.25) is 5.88 Å². The quantitative estimate of drug-likeness (QED) is 0.425. The molecule has 3 atom stereocenters. The second-order valence-corrected chi connectivity index (χ2v) is 9.72. The molecule has 0 spiro atoms. The van der Waals surface area contributed by atoms with Gasteiger partial charge in [0.1, 0.15) is 17.7 Å². The average molecular weight is 493 g/mol. The molecule has 190 valence electrons. The van der Waals surface area contributed by atoms with Gasteiger partial charge in [-0.05, 0) is 80.2 Å². The molecule has 0 saturated carbocycles. The maximum atomic E-state index is 14.8. The number of methoxy groups -OCH3 is 1. The molecule has 0 radical (unpaired) electrons. The van der Waals surface area contributed by atoms with Gasteiger partial charge in [0.15, 0.2) is 0 Å². The number of ether oxygens (including phenoxy) is 2. The van der Waals surface area contributed by atoms with Crippen LogP contribution in [0.4, 0.5) is 4.39 Å². The molecule has 3 aromatic rings. The molecule has 36 heavy (non-hydrogen) atoms. The van der Waals surface area contributed by atoms with E-state index < -0.39 is 17.7 Å². The van der Waals surface area contributed by atoms with Crippen LogP contribution in [0.25, 0.3) is 11.1 Å². The Balaban J connectivity index is 1.68. The number of halogens is 1. The van der Waals surface area contributed by atoms with Gasteiger partial charge in [0, 0.05) is 17.7 Å². The number of nitrogens with zero attached hydrogens (tertiary/aromatic N) is 2. The van der Waals surface area contributed by atoms with E-state index in [1.54, 1.807) is 13.0 Å². The zero-order chi connectivity index (χ0) is 26.0. The number of rotatable bonds is 8. The highest BCUT2D eigenvalue weighted by Gasteiger charge is 2.25. The molecular weight excluding hydrogens is 459 g/mol. The van der Waals surface area contributed by atoms with E-state index in [0.29, 0.717) is 17.9 Å². The minimum atomic E-state index is -0.808. The largest absolute Gasteiger partial charge is 0.485 e. The number of carboxylic acid groups (broad SMARTS) is 1. The molecule has 2 heterocycles. The van der Waals surface area contributed by atoms with E-state index >= 15 is 0 Å². The van der Waals surface area contributed by atoms with Gasteiger partial charge < -0.3 is 19.5 Å². The normalized spacial score (nSPS) is 16.7. The number of hydrogen-bond acceptors (Lipinski definition) is 5. The number of hydrogen-bond donors (Lipinski definition) is 1. The van der Waals surface area contributed by atoms with Crippen molar-refractivity contribution in [3.05, 3.63) is 76.7 Å². The minimum absolute atomic E-state index is 0.0264. The van der Waals surface area contributed by atoms with Gasteiger partial charge in [0.25, 0.3) is 0 Å². The zero-order valence-electron chi connectivity index (χ0n) is 21.4. The third-order valence-corrected chi connectivity index (χ3v) is 7.04. The Morgan fingerprint density at radius 2 is 1.97 bits per heavy atom. The first-order valence-corrected chi connectivity index (χ1v) is 12.2. The summed E-state index contributed by atoms with van der Waals surface area (Å²) in [5.74, 6) is -0.506. The number of aliphatic carboxylic acids is 1. The molecule has 4 rings (SSSR count).